The third-order valence-electron chi connectivity index (χ3n) is 3.74. The number of thiazole rings is 1. The van der Waals surface area contributed by atoms with Gasteiger partial charge in [-0.25, -0.2) is 4.98 Å². The molecule has 1 saturated heterocycles. The molecular weight excluding hydrogens is 272 g/mol. The monoisotopic (exact) mass is 296 g/mol. The second-order valence-corrected chi connectivity index (χ2v) is 6.45. The van der Waals surface area contributed by atoms with Gasteiger partial charge in [0.2, 0.25) is 5.91 Å². The van der Waals surface area contributed by atoms with Crippen LogP contribution in [-0.2, 0) is 17.8 Å². The van der Waals surface area contributed by atoms with Crippen molar-refractivity contribution in [3.8, 4) is 0 Å². The molecule has 5 nitrogen and oxygen atoms in total. The van der Waals surface area contributed by atoms with Crippen LogP contribution < -0.4 is 5.32 Å². The third-order valence-corrected chi connectivity index (χ3v) is 4.64. The summed E-state index contributed by atoms with van der Waals surface area (Å²) in [7, 11) is 4.20. The first-order chi connectivity index (χ1) is 9.58. The maximum Gasteiger partial charge on any atom is 0.234 e. The molecule has 112 valence electrons. The lowest BCUT2D eigenvalue weighted by molar-refractivity contribution is -0.122. The SMILES string of the molecule is CCc1csc(CNC(=O)CN2CCC(N(C)C)C2)n1. The van der Waals surface area contributed by atoms with Crippen molar-refractivity contribution in [3.63, 3.8) is 0 Å². The standard InChI is InChI=1S/C14H24N4OS/c1-4-11-10-20-14(16-11)7-15-13(19)9-18-6-5-12(8-18)17(2)3/h10,12H,4-9H2,1-3H3,(H,15,19). The number of hydrogen-bond donors (Lipinski definition) is 1. The number of carbonyl (C=O) groups is 1. The van der Waals surface area contributed by atoms with E-state index in [0.717, 1.165) is 36.6 Å². The number of hydrogen-bond acceptors (Lipinski definition) is 5. The quantitative estimate of drug-likeness (QED) is 0.849. The van der Waals surface area contributed by atoms with Crippen LogP contribution in [-0.4, -0.2) is 60.5 Å². The van der Waals surface area contributed by atoms with E-state index in [4.69, 9.17) is 0 Å². The molecule has 0 saturated carbocycles. The van der Waals surface area contributed by atoms with E-state index >= 15 is 0 Å². The maximum absolute atomic E-state index is 11.9. The summed E-state index contributed by atoms with van der Waals surface area (Å²) in [4.78, 5) is 20.8. The minimum Gasteiger partial charge on any atom is -0.348 e. The van der Waals surface area contributed by atoms with E-state index in [1.807, 2.05) is 0 Å². The molecule has 0 radical (unpaired) electrons. The Labute approximate surface area is 125 Å². The maximum atomic E-state index is 11.9. The van der Waals surface area contributed by atoms with Gasteiger partial charge in [0.15, 0.2) is 0 Å². The largest absolute Gasteiger partial charge is 0.348 e. The number of likely N-dealkylation sites (tertiary alicyclic amines) is 1. The van der Waals surface area contributed by atoms with Gasteiger partial charge >= 0.3 is 0 Å². The fourth-order valence-electron chi connectivity index (χ4n) is 2.40. The summed E-state index contributed by atoms with van der Waals surface area (Å²) in [6.07, 6.45) is 2.09. The van der Waals surface area contributed by atoms with Gasteiger partial charge in [-0.3, -0.25) is 9.69 Å². The molecule has 1 fully saturated rings. The Morgan fingerprint density at radius 1 is 1.60 bits per heavy atom. The molecule has 1 unspecified atom stereocenters. The zero-order chi connectivity index (χ0) is 14.5. The highest BCUT2D eigenvalue weighted by atomic mass is 32.1. The normalized spacial score (nSPS) is 19.7. The molecule has 0 aromatic carbocycles. The van der Waals surface area contributed by atoms with E-state index in [2.05, 4.69) is 46.5 Å². The molecular formula is C14H24N4OS. The smallest absolute Gasteiger partial charge is 0.234 e. The Bertz CT molecular complexity index is 446. The Hall–Kier alpha value is -0.980. The Kier molecular flexibility index (Phi) is 5.51. The van der Waals surface area contributed by atoms with E-state index in [9.17, 15) is 4.79 Å². The Balaban J connectivity index is 1.70. The zero-order valence-corrected chi connectivity index (χ0v) is 13.4. The number of aryl methyl sites for hydroxylation is 1. The molecule has 1 atom stereocenters. The summed E-state index contributed by atoms with van der Waals surface area (Å²) in [6.45, 7) is 5.13. The average Bonchev–Trinajstić information content (AvgIpc) is 3.04. The van der Waals surface area contributed by atoms with Crippen LogP contribution in [0.3, 0.4) is 0 Å². The van der Waals surface area contributed by atoms with E-state index < -0.39 is 0 Å². The van der Waals surface area contributed by atoms with Crippen LogP contribution in [0.4, 0.5) is 0 Å². The molecule has 0 bridgehead atoms. The summed E-state index contributed by atoms with van der Waals surface area (Å²) >= 11 is 1.62. The van der Waals surface area contributed by atoms with Crippen molar-refractivity contribution in [2.24, 2.45) is 0 Å². The van der Waals surface area contributed by atoms with Gasteiger partial charge in [-0.2, -0.15) is 0 Å². The lowest BCUT2D eigenvalue weighted by Gasteiger charge is -2.19. The first-order valence-corrected chi connectivity index (χ1v) is 8.05. The summed E-state index contributed by atoms with van der Waals surface area (Å²) in [5.74, 6) is 0.0951. The van der Waals surface area contributed by atoms with Crippen molar-refractivity contribution >= 4 is 17.2 Å². The first kappa shape index (κ1) is 15.4. The summed E-state index contributed by atoms with van der Waals surface area (Å²) in [5.41, 5.74) is 1.10. The number of likely N-dealkylation sites (N-methyl/N-ethyl adjacent to an activating group) is 1. The molecule has 1 aromatic heterocycles. The van der Waals surface area contributed by atoms with Gasteiger partial charge < -0.3 is 10.2 Å². The molecule has 0 aliphatic carbocycles. The van der Waals surface area contributed by atoms with Crippen LogP contribution in [0.25, 0.3) is 0 Å². The molecule has 1 amide bonds. The van der Waals surface area contributed by atoms with E-state index in [1.165, 1.54) is 0 Å². The van der Waals surface area contributed by atoms with Crippen molar-refractivity contribution in [3.05, 3.63) is 16.1 Å². The molecule has 1 aliphatic heterocycles. The minimum absolute atomic E-state index is 0.0951. The van der Waals surface area contributed by atoms with Gasteiger partial charge in [0.1, 0.15) is 5.01 Å². The lowest BCUT2D eigenvalue weighted by atomic mass is 10.2. The summed E-state index contributed by atoms with van der Waals surface area (Å²) in [6, 6.07) is 0.578. The van der Waals surface area contributed by atoms with Crippen LogP contribution in [0.15, 0.2) is 5.38 Å². The van der Waals surface area contributed by atoms with Gasteiger partial charge in [0.05, 0.1) is 18.8 Å². The number of aromatic nitrogens is 1. The van der Waals surface area contributed by atoms with Crippen LogP contribution in [0, 0.1) is 0 Å². The van der Waals surface area contributed by atoms with E-state index in [-0.39, 0.29) is 5.91 Å². The van der Waals surface area contributed by atoms with Gasteiger partial charge in [-0.1, -0.05) is 6.92 Å². The highest BCUT2D eigenvalue weighted by Crippen LogP contribution is 2.13. The second-order valence-electron chi connectivity index (χ2n) is 5.50. The molecule has 1 aliphatic rings. The van der Waals surface area contributed by atoms with Crippen molar-refractivity contribution in [1.29, 1.82) is 0 Å². The van der Waals surface area contributed by atoms with E-state index in [1.54, 1.807) is 11.3 Å². The number of carbonyl (C=O) groups excluding carboxylic acids is 1. The number of nitrogens with one attached hydrogen (secondary N) is 1. The molecule has 1 aromatic rings. The van der Waals surface area contributed by atoms with Crippen molar-refractivity contribution in [2.45, 2.75) is 32.4 Å². The molecule has 2 rings (SSSR count). The Morgan fingerprint density at radius 2 is 2.40 bits per heavy atom. The number of amides is 1. The van der Waals surface area contributed by atoms with Crippen LogP contribution >= 0.6 is 11.3 Å². The van der Waals surface area contributed by atoms with Gasteiger partial charge in [-0.05, 0) is 26.9 Å². The predicted octanol–water partition coefficient (Wildman–Crippen LogP) is 0.958. The minimum atomic E-state index is 0.0951. The highest BCUT2D eigenvalue weighted by molar-refractivity contribution is 7.09. The highest BCUT2D eigenvalue weighted by Gasteiger charge is 2.25. The molecule has 6 heteroatoms. The second kappa shape index (κ2) is 7.15. The number of rotatable bonds is 6. The lowest BCUT2D eigenvalue weighted by Crippen LogP contribution is -2.38. The molecule has 0 spiro atoms. The first-order valence-electron chi connectivity index (χ1n) is 7.17. The van der Waals surface area contributed by atoms with Crippen LogP contribution in [0.5, 0.6) is 0 Å². The van der Waals surface area contributed by atoms with E-state index in [0.29, 0.717) is 19.1 Å². The fraction of sp³-hybridized carbons (Fsp3) is 0.714. The summed E-state index contributed by atoms with van der Waals surface area (Å²) < 4.78 is 0. The third kappa shape index (κ3) is 4.26. The molecule has 1 N–H and O–H groups in total. The van der Waals surface area contributed by atoms with Gasteiger partial charge in [0, 0.05) is 24.5 Å². The predicted molar refractivity (Wildman–Crippen MR) is 81.9 cm³/mol. The van der Waals surface area contributed by atoms with Gasteiger partial charge in [-0.15, -0.1) is 11.3 Å². The zero-order valence-electron chi connectivity index (χ0n) is 12.6. The average molecular weight is 296 g/mol. The van der Waals surface area contributed by atoms with Crippen LogP contribution in [0.2, 0.25) is 0 Å². The van der Waals surface area contributed by atoms with Crippen LogP contribution in [0.1, 0.15) is 24.0 Å². The molecule has 20 heavy (non-hydrogen) atoms. The fourth-order valence-corrected chi connectivity index (χ4v) is 3.22. The van der Waals surface area contributed by atoms with Crippen molar-refractivity contribution in [2.75, 3.05) is 33.7 Å². The Morgan fingerprint density at radius 3 is 3.00 bits per heavy atom. The topological polar surface area (TPSA) is 48.5 Å². The van der Waals surface area contributed by atoms with Gasteiger partial charge in [0.25, 0.3) is 0 Å². The van der Waals surface area contributed by atoms with Crippen molar-refractivity contribution < 1.29 is 4.79 Å². The van der Waals surface area contributed by atoms with Crippen molar-refractivity contribution in [1.82, 2.24) is 20.1 Å². The summed E-state index contributed by atoms with van der Waals surface area (Å²) in [5, 5.41) is 6.01. The number of nitrogens with zero attached hydrogens (tertiary/aromatic N) is 3. The molecule has 2 heterocycles.